The molecule has 1 fully saturated rings. The number of hydrogen-bond acceptors (Lipinski definition) is 7. The Morgan fingerprint density at radius 2 is 1.84 bits per heavy atom. The molecule has 19 heavy (non-hydrogen) atoms. The van der Waals surface area contributed by atoms with Gasteiger partial charge in [-0.05, 0) is 20.8 Å². The molecule has 0 bridgehead atoms. The van der Waals surface area contributed by atoms with Crippen LogP contribution in [0.2, 0.25) is 0 Å². The third kappa shape index (κ3) is 4.29. The molecule has 5 N–H and O–H groups in total. The van der Waals surface area contributed by atoms with Gasteiger partial charge in [-0.1, -0.05) is 0 Å². The first kappa shape index (κ1) is 16.1. The standard InChI is InChI=1S/C11H21NO7/c1-11(2,3)19-10(17)12-6-8(15)7(14)5(4-13)18-9(6)16/h5-9,13-16H,4H2,1-3H3,(H,12,17). The number of ether oxygens (including phenoxy) is 2. The number of aliphatic hydroxyl groups excluding tert-OH is 4. The minimum atomic E-state index is -1.55. The van der Waals surface area contributed by atoms with Crippen molar-refractivity contribution in [3.63, 3.8) is 0 Å². The van der Waals surface area contributed by atoms with E-state index in [1.807, 2.05) is 0 Å². The summed E-state index contributed by atoms with van der Waals surface area (Å²) >= 11 is 0. The summed E-state index contributed by atoms with van der Waals surface area (Å²) in [7, 11) is 0. The van der Waals surface area contributed by atoms with E-state index in [1.54, 1.807) is 20.8 Å². The maximum atomic E-state index is 11.5. The molecule has 0 aromatic heterocycles. The van der Waals surface area contributed by atoms with Crippen LogP contribution < -0.4 is 5.32 Å². The number of nitrogens with one attached hydrogen (secondary N) is 1. The Morgan fingerprint density at radius 3 is 2.32 bits per heavy atom. The summed E-state index contributed by atoms with van der Waals surface area (Å²) in [5, 5.41) is 40.2. The highest BCUT2D eigenvalue weighted by atomic mass is 16.6. The van der Waals surface area contributed by atoms with Gasteiger partial charge in [0.1, 0.15) is 30.0 Å². The topological polar surface area (TPSA) is 128 Å². The fourth-order valence-corrected chi connectivity index (χ4v) is 1.70. The second-order valence-corrected chi connectivity index (χ2v) is 5.40. The molecule has 8 heteroatoms. The van der Waals surface area contributed by atoms with Crippen LogP contribution in [0.1, 0.15) is 20.8 Å². The van der Waals surface area contributed by atoms with E-state index in [2.05, 4.69) is 5.32 Å². The molecule has 1 aliphatic rings. The Kier molecular flexibility index (Phi) is 5.11. The van der Waals surface area contributed by atoms with E-state index < -0.39 is 48.9 Å². The molecule has 8 nitrogen and oxygen atoms in total. The van der Waals surface area contributed by atoms with Gasteiger partial charge in [0.15, 0.2) is 6.29 Å². The Balaban J connectivity index is 2.65. The summed E-state index contributed by atoms with van der Waals surface area (Å²) < 4.78 is 9.85. The minimum Gasteiger partial charge on any atom is -0.444 e. The third-order valence-corrected chi connectivity index (χ3v) is 2.58. The minimum absolute atomic E-state index is 0.561. The summed E-state index contributed by atoms with van der Waals surface area (Å²) in [6, 6.07) is -1.24. The van der Waals surface area contributed by atoms with Crippen LogP contribution in [0.15, 0.2) is 0 Å². The van der Waals surface area contributed by atoms with Gasteiger partial charge in [-0.3, -0.25) is 0 Å². The summed E-state index contributed by atoms with van der Waals surface area (Å²) in [6.45, 7) is 4.42. The lowest BCUT2D eigenvalue weighted by atomic mass is 9.97. The first-order valence-corrected chi connectivity index (χ1v) is 5.95. The van der Waals surface area contributed by atoms with Crippen molar-refractivity contribution in [1.82, 2.24) is 5.32 Å². The zero-order valence-corrected chi connectivity index (χ0v) is 11.1. The Morgan fingerprint density at radius 1 is 1.26 bits per heavy atom. The Hall–Kier alpha value is -0.930. The van der Waals surface area contributed by atoms with E-state index in [0.717, 1.165) is 0 Å². The van der Waals surface area contributed by atoms with Crippen LogP contribution >= 0.6 is 0 Å². The smallest absolute Gasteiger partial charge is 0.408 e. The van der Waals surface area contributed by atoms with Crippen molar-refractivity contribution in [3.8, 4) is 0 Å². The van der Waals surface area contributed by atoms with Crippen molar-refractivity contribution in [2.75, 3.05) is 6.61 Å². The number of carbonyl (C=O) groups excluding carboxylic acids is 1. The van der Waals surface area contributed by atoms with Gasteiger partial charge in [-0.2, -0.15) is 0 Å². The maximum Gasteiger partial charge on any atom is 0.408 e. The predicted molar refractivity (Wildman–Crippen MR) is 63.1 cm³/mol. The van der Waals surface area contributed by atoms with Gasteiger partial charge in [0.2, 0.25) is 0 Å². The molecule has 1 saturated heterocycles. The monoisotopic (exact) mass is 279 g/mol. The molecule has 0 spiro atoms. The number of amides is 1. The zero-order chi connectivity index (χ0) is 14.8. The lowest BCUT2D eigenvalue weighted by molar-refractivity contribution is -0.253. The summed E-state index contributed by atoms with van der Waals surface area (Å²) in [5.74, 6) is 0. The van der Waals surface area contributed by atoms with E-state index in [9.17, 15) is 20.1 Å². The molecule has 1 aliphatic heterocycles. The number of carbonyl (C=O) groups is 1. The zero-order valence-electron chi connectivity index (χ0n) is 11.1. The summed E-state index contributed by atoms with van der Waals surface area (Å²) in [5.41, 5.74) is -0.734. The molecule has 0 aromatic rings. The first-order valence-electron chi connectivity index (χ1n) is 5.95. The fraction of sp³-hybridized carbons (Fsp3) is 0.909. The van der Waals surface area contributed by atoms with Gasteiger partial charge in [-0.15, -0.1) is 0 Å². The average molecular weight is 279 g/mol. The van der Waals surface area contributed by atoms with Crippen molar-refractivity contribution in [2.24, 2.45) is 0 Å². The van der Waals surface area contributed by atoms with Crippen molar-refractivity contribution >= 4 is 6.09 Å². The predicted octanol–water partition coefficient (Wildman–Crippen LogP) is -1.69. The van der Waals surface area contributed by atoms with E-state index in [4.69, 9.17) is 14.6 Å². The van der Waals surface area contributed by atoms with Crippen LogP contribution in [0.25, 0.3) is 0 Å². The van der Waals surface area contributed by atoms with Gasteiger partial charge in [0.25, 0.3) is 0 Å². The SMILES string of the molecule is CC(C)(C)OC(=O)NC1C(O)OC(CO)C(O)C1O. The summed E-state index contributed by atoms with van der Waals surface area (Å²) in [4.78, 5) is 11.5. The molecule has 0 saturated carbocycles. The average Bonchev–Trinajstić information content (AvgIpc) is 2.27. The lowest BCUT2D eigenvalue weighted by Crippen LogP contribution is -2.64. The highest BCUT2D eigenvalue weighted by molar-refractivity contribution is 5.68. The molecular weight excluding hydrogens is 258 g/mol. The van der Waals surface area contributed by atoms with E-state index in [1.165, 1.54) is 0 Å². The molecule has 0 aromatic carbocycles. The number of aliphatic hydroxyl groups is 4. The molecule has 5 unspecified atom stereocenters. The van der Waals surface area contributed by atoms with Crippen LogP contribution in [0.4, 0.5) is 4.79 Å². The maximum absolute atomic E-state index is 11.5. The van der Waals surface area contributed by atoms with Crippen molar-refractivity contribution < 1.29 is 34.7 Å². The molecule has 1 amide bonds. The summed E-state index contributed by atoms with van der Waals surface area (Å²) in [6.07, 6.45) is -6.42. The van der Waals surface area contributed by atoms with Crippen LogP contribution in [0.3, 0.4) is 0 Å². The van der Waals surface area contributed by atoms with Gasteiger partial charge >= 0.3 is 6.09 Å². The fourth-order valence-electron chi connectivity index (χ4n) is 1.70. The molecule has 0 aliphatic carbocycles. The van der Waals surface area contributed by atoms with Crippen molar-refractivity contribution in [2.45, 2.75) is 57.0 Å². The quantitative estimate of drug-likeness (QED) is 0.408. The highest BCUT2D eigenvalue weighted by Gasteiger charge is 2.44. The van der Waals surface area contributed by atoms with Gasteiger partial charge in [-0.25, -0.2) is 4.79 Å². The van der Waals surface area contributed by atoms with Gasteiger partial charge in [0.05, 0.1) is 6.61 Å². The highest BCUT2D eigenvalue weighted by Crippen LogP contribution is 2.20. The second-order valence-electron chi connectivity index (χ2n) is 5.40. The number of alkyl carbamates (subject to hydrolysis) is 1. The first-order chi connectivity index (χ1) is 8.65. The molecule has 5 atom stereocenters. The van der Waals surface area contributed by atoms with Gasteiger partial charge < -0.3 is 35.2 Å². The van der Waals surface area contributed by atoms with E-state index >= 15 is 0 Å². The van der Waals surface area contributed by atoms with Crippen LogP contribution in [0.5, 0.6) is 0 Å². The second kappa shape index (κ2) is 6.02. The van der Waals surface area contributed by atoms with Crippen molar-refractivity contribution in [1.29, 1.82) is 0 Å². The van der Waals surface area contributed by atoms with Crippen LogP contribution in [0, 0.1) is 0 Å². The van der Waals surface area contributed by atoms with E-state index in [0.29, 0.717) is 0 Å². The molecular formula is C11H21NO7. The largest absolute Gasteiger partial charge is 0.444 e. The van der Waals surface area contributed by atoms with Crippen LogP contribution in [-0.4, -0.2) is 69.4 Å². The Labute approximate surface area is 110 Å². The van der Waals surface area contributed by atoms with E-state index in [-0.39, 0.29) is 0 Å². The normalized spacial score (nSPS) is 35.8. The molecule has 112 valence electrons. The molecule has 0 radical (unpaired) electrons. The lowest BCUT2D eigenvalue weighted by Gasteiger charge is -2.40. The van der Waals surface area contributed by atoms with Crippen LogP contribution in [-0.2, 0) is 9.47 Å². The van der Waals surface area contributed by atoms with Crippen molar-refractivity contribution in [3.05, 3.63) is 0 Å². The number of hydrogen-bond donors (Lipinski definition) is 5. The third-order valence-electron chi connectivity index (χ3n) is 2.58. The number of rotatable bonds is 2. The molecule has 1 rings (SSSR count). The van der Waals surface area contributed by atoms with Gasteiger partial charge in [0, 0.05) is 0 Å². The Bertz CT molecular complexity index is 317. The molecule has 1 heterocycles.